The molecule has 0 fully saturated rings. The molecule has 4 rings (SSSR count). The largest absolute Gasteiger partial charge is 0.493 e. The van der Waals surface area contributed by atoms with Crippen molar-refractivity contribution < 1.29 is 14.3 Å². The minimum absolute atomic E-state index is 0.253. The number of anilines is 1. The molecule has 0 atom stereocenters. The van der Waals surface area contributed by atoms with Crippen LogP contribution in [-0.4, -0.2) is 35.1 Å². The number of nitrogens with one attached hydrogen (secondary N) is 1. The Balaban J connectivity index is 1.58. The van der Waals surface area contributed by atoms with Crippen LogP contribution in [0.5, 0.6) is 11.5 Å². The molecule has 3 aromatic carbocycles. The minimum Gasteiger partial charge on any atom is -0.493 e. The van der Waals surface area contributed by atoms with Gasteiger partial charge < -0.3 is 14.8 Å². The molecule has 29 heavy (non-hydrogen) atoms. The number of fused-ring (bicyclic) bond motifs is 1. The number of benzene rings is 3. The summed E-state index contributed by atoms with van der Waals surface area (Å²) < 4.78 is 10.5. The van der Waals surface area contributed by atoms with Gasteiger partial charge in [0.15, 0.2) is 11.5 Å². The summed E-state index contributed by atoms with van der Waals surface area (Å²) in [6.45, 7) is 2.03. The van der Waals surface area contributed by atoms with Crippen molar-refractivity contribution in [1.82, 2.24) is 15.0 Å². The van der Waals surface area contributed by atoms with E-state index in [0.29, 0.717) is 28.3 Å². The first-order valence-corrected chi connectivity index (χ1v) is 9.05. The number of aryl methyl sites for hydroxylation is 1. The number of carbonyl (C=O) groups excluding carboxylic acids is 1. The third kappa shape index (κ3) is 3.75. The summed E-state index contributed by atoms with van der Waals surface area (Å²) in [7, 11) is 3.08. The lowest BCUT2D eigenvalue weighted by atomic mass is 10.1. The maximum atomic E-state index is 12.6. The quantitative estimate of drug-likeness (QED) is 0.559. The van der Waals surface area contributed by atoms with Crippen molar-refractivity contribution in [3.05, 3.63) is 71.8 Å². The Bertz CT molecular complexity index is 1180. The van der Waals surface area contributed by atoms with Gasteiger partial charge in [-0.2, -0.15) is 4.80 Å². The van der Waals surface area contributed by atoms with Crippen LogP contribution >= 0.6 is 0 Å². The molecule has 4 aromatic rings. The fourth-order valence-corrected chi connectivity index (χ4v) is 2.97. The van der Waals surface area contributed by atoms with Crippen LogP contribution in [0, 0.1) is 6.92 Å². The van der Waals surface area contributed by atoms with Gasteiger partial charge in [-0.15, -0.1) is 10.2 Å². The number of methoxy groups -OCH3 is 2. The summed E-state index contributed by atoms with van der Waals surface area (Å²) in [5, 5.41) is 11.9. The van der Waals surface area contributed by atoms with E-state index in [4.69, 9.17) is 9.47 Å². The molecule has 1 aromatic heterocycles. The van der Waals surface area contributed by atoms with Crippen LogP contribution in [0.4, 0.5) is 5.69 Å². The standard InChI is InChI=1S/C22H20N4O3/c1-14-4-8-17(9-5-14)26-24-18-10-7-16(13-19(18)25-26)23-22(27)15-6-11-20(28-2)21(12-15)29-3/h4-13H,1-3H3,(H,23,27). The molecule has 0 spiro atoms. The second-order valence-electron chi connectivity index (χ2n) is 6.55. The highest BCUT2D eigenvalue weighted by atomic mass is 16.5. The van der Waals surface area contributed by atoms with Crippen molar-refractivity contribution in [1.29, 1.82) is 0 Å². The Hall–Kier alpha value is -3.87. The average Bonchev–Trinajstić information content (AvgIpc) is 3.17. The summed E-state index contributed by atoms with van der Waals surface area (Å²) in [6, 6.07) is 18.4. The Labute approximate surface area is 167 Å². The third-order valence-corrected chi connectivity index (χ3v) is 4.55. The summed E-state index contributed by atoms with van der Waals surface area (Å²) >= 11 is 0. The van der Waals surface area contributed by atoms with Crippen LogP contribution in [-0.2, 0) is 0 Å². The van der Waals surface area contributed by atoms with Crippen molar-refractivity contribution in [3.8, 4) is 17.2 Å². The molecule has 0 saturated carbocycles. The maximum Gasteiger partial charge on any atom is 0.255 e. The van der Waals surface area contributed by atoms with E-state index in [2.05, 4.69) is 15.5 Å². The van der Waals surface area contributed by atoms with Gasteiger partial charge in [0.2, 0.25) is 0 Å². The lowest BCUT2D eigenvalue weighted by Crippen LogP contribution is -2.12. The Morgan fingerprint density at radius 1 is 0.862 bits per heavy atom. The number of amides is 1. The minimum atomic E-state index is -0.253. The van der Waals surface area contributed by atoms with Gasteiger partial charge in [-0.05, 0) is 55.5 Å². The molecule has 1 heterocycles. The number of hydrogen-bond donors (Lipinski definition) is 1. The van der Waals surface area contributed by atoms with Gasteiger partial charge >= 0.3 is 0 Å². The topological polar surface area (TPSA) is 78.3 Å². The number of nitrogens with zero attached hydrogens (tertiary/aromatic N) is 3. The number of carbonyl (C=O) groups is 1. The van der Waals surface area contributed by atoms with Gasteiger partial charge in [0, 0.05) is 11.3 Å². The van der Waals surface area contributed by atoms with Crippen LogP contribution in [0.1, 0.15) is 15.9 Å². The lowest BCUT2D eigenvalue weighted by molar-refractivity contribution is 0.102. The molecule has 0 aliphatic heterocycles. The first kappa shape index (κ1) is 18.5. The second-order valence-corrected chi connectivity index (χ2v) is 6.55. The number of aromatic nitrogens is 3. The van der Waals surface area contributed by atoms with E-state index in [1.165, 1.54) is 12.7 Å². The molecule has 0 unspecified atom stereocenters. The first-order valence-electron chi connectivity index (χ1n) is 9.05. The van der Waals surface area contributed by atoms with Crippen molar-refractivity contribution in [2.24, 2.45) is 0 Å². The monoisotopic (exact) mass is 388 g/mol. The predicted molar refractivity (Wildman–Crippen MR) is 111 cm³/mol. The zero-order valence-corrected chi connectivity index (χ0v) is 16.3. The van der Waals surface area contributed by atoms with Gasteiger partial charge in [-0.3, -0.25) is 4.79 Å². The van der Waals surface area contributed by atoms with Crippen LogP contribution < -0.4 is 14.8 Å². The molecule has 1 N–H and O–H groups in total. The molecule has 0 aliphatic carbocycles. The van der Waals surface area contributed by atoms with E-state index >= 15 is 0 Å². The molecule has 1 amide bonds. The maximum absolute atomic E-state index is 12.6. The van der Waals surface area contributed by atoms with E-state index in [-0.39, 0.29) is 5.91 Å². The van der Waals surface area contributed by atoms with Crippen LogP contribution in [0.3, 0.4) is 0 Å². The Morgan fingerprint density at radius 3 is 2.31 bits per heavy atom. The zero-order chi connectivity index (χ0) is 20.4. The van der Waals surface area contributed by atoms with Gasteiger partial charge in [0.25, 0.3) is 5.91 Å². The van der Waals surface area contributed by atoms with Crippen molar-refractivity contribution in [2.45, 2.75) is 6.92 Å². The number of ether oxygens (including phenoxy) is 2. The predicted octanol–water partition coefficient (Wildman–Crippen LogP) is 4.00. The second kappa shape index (κ2) is 7.63. The third-order valence-electron chi connectivity index (χ3n) is 4.55. The van der Waals surface area contributed by atoms with Crippen molar-refractivity contribution in [3.63, 3.8) is 0 Å². The van der Waals surface area contributed by atoms with Gasteiger partial charge in [0.1, 0.15) is 11.0 Å². The normalized spacial score (nSPS) is 10.7. The number of rotatable bonds is 5. The molecule has 0 saturated heterocycles. The Kier molecular flexibility index (Phi) is 4.87. The van der Waals surface area contributed by atoms with Crippen molar-refractivity contribution >= 4 is 22.6 Å². The fourth-order valence-electron chi connectivity index (χ4n) is 2.97. The van der Waals surface area contributed by atoms with E-state index in [1.807, 2.05) is 37.3 Å². The lowest BCUT2D eigenvalue weighted by Gasteiger charge is -2.10. The first-order chi connectivity index (χ1) is 14.1. The highest BCUT2D eigenvalue weighted by Crippen LogP contribution is 2.28. The van der Waals surface area contributed by atoms with Gasteiger partial charge in [0.05, 0.1) is 19.9 Å². The van der Waals surface area contributed by atoms with E-state index in [0.717, 1.165) is 11.2 Å². The van der Waals surface area contributed by atoms with Gasteiger partial charge in [-0.25, -0.2) is 0 Å². The molecular formula is C22H20N4O3. The molecule has 0 bridgehead atoms. The molecule has 7 nitrogen and oxygen atoms in total. The molecule has 7 heteroatoms. The van der Waals surface area contributed by atoms with E-state index in [9.17, 15) is 4.79 Å². The van der Waals surface area contributed by atoms with E-state index in [1.54, 1.807) is 42.2 Å². The smallest absolute Gasteiger partial charge is 0.255 e. The average molecular weight is 388 g/mol. The SMILES string of the molecule is COc1ccc(C(=O)Nc2ccc3nn(-c4ccc(C)cc4)nc3c2)cc1OC. The van der Waals surface area contributed by atoms with Gasteiger partial charge in [-0.1, -0.05) is 17.7 Å². The van der Waals surface area contributed by atoms with Crippen LogP contribution in [0.15, 0.2) is 60.7 Å². The van der Waals surface area contributed by atoms with Crippen LogP contribution in [0.2, 0.25) is 0 Å². The summed E-state index contributed by atoms with van der Waals surface area (Å²) in [6.07, 6.45) is 0. The van der Waals surface area contributed by atoms with E-state index < -0.39 is 0 Å². The zero-order valence-electron chi connectivity index (χ0n) is 16.3. The molecule has 146 valence electrons. The summed E-state index contributed by atoms with van der Waals surface area (Å²) in [5.41, 5.74) is 4.58. The van der Waals surface area contributed by atoms with Crippen molar-refractivity contribution in [2.75, 3.05) is 19.5 Å². The summed E-state index contributed by atoms with van der Waals surface area (Å²) in [5.74, 6) is 0.811. The Morgan fingerprint density at radius 2 is 1.59 bits per heavy atom. The van der Waals surface area contributed by atoms with Crippen LogP contribution in [0.25, 0.3) is 16.7 Å². The molecule has 0 aliphatic rings. The highest BCUT2D eigenvalue weighted by molar-refractivity contribution is 6.05. The number of hydrogen-bond acceptors (Lipinski definition) is 5. The fraction of sp³-hybridized carbons (Fsp3) is 0.136. The highest BCUT2D eigenvalue weighted by Gasteiger charge is 2.12. The molecule has 0 radical (unpaired) electrons. The molecular weight excluding hydrogens is 368 g/mol. The summed E-state index contributed by atoms with van der Waals surface area (Å²) in [4.78, 5) is 14.2.